The van der Waals surface area contributed by atoms with Crippen LogP contribution in [0.4, 0.5) is 0 Å². The molecule has 2 aliphatic rings. The van der Waals surface area contributed by atoms with Gasteiger partial charge < -0.3 is 10.6 Å². The highest BCUT2D eigenvalue weighted by Crippen LogP contribution is 2.45. The fourth-order valence-corrected chi connectivity index (χ4v) is 3.78. The van der Waals surface area contributed by atoms with Crippen LogP contribution >= 0.6 is 0 Å². The van der Waals surface area contributed by atoms with Crippen molar-refractivity contribution >= 4 is 5.91 Å². The van der Waals surface area contributed by atoms with E-state index < -0.39 is 0 Å². The number of carbonyl (C=O) groups is 1. The van der Waals surface area contributed by atoms with Crippen LogP contribution < -0.4 is 5.73 Å². The third kappa shape index (κ3) is 2.33. The van der Waals surface area contributed by atoms with E-state index in [1.54, 1.807) is 0 Å². The maximum atomic E-state index is 12.0. The van der Waals surface area contributed by atoms with Gasteiger partial charge in [0.25, 0.3) is 0 Å². The summed E-state index contributed by atoms with van der Waals surface area (Å²) in [6.45, 7) is 12.2. The van der Waals surface area contributed by atoms with Crippen molar-refractivity contribution in [3.05, 3.63) is 12.7 Å². The van der Waals surface area contributed by atoms with Crippen molar-refractivity contribution < 1.29 is 4.79 Å². The summed E-state index contributed by atoms with van der Waals surface area (Å²) in [4.78, 5) is 14.0. The van der Waals surface area contributed by atoms with E-state index in [-0.39, 0.29) is 17.4 Å². The number of nitrogens with two attached hydrogens (primary N) is 1. The van der Waals surface area contributed by atoms with Crippen molar-refractivity contribution in [1.82, 2.24) is 4.90 Å². The minimum absolute atomic E-state index is 0.218. The Hall–Kier alpha value is -0.830. The zero-order chi connectivity index (χ0) is 13.5. The van der Waals surface area contributed by atoms with E-state index in [9.17, 15) is 4.79 Å². The normalized spacial score (nSPS) is 39.3. The highest BCUT2D eigenvalue weighted by molar-refractivity contribution is 5.79. The van der Waals surface area contributed by atoms with Gasteiger partial charge in [-0.3, -0.25) is 4.79 Å². The van der Waals surface area contributed by atoms with Crippen molar-refractivity contribution in [2.45, 2.75) is 39.7 Å². The number of rotatable bonds is 3. The summed E-state index contributed by atoms with van der Waals surface area (Å²) < 4.78 is 0. The third-order valence-corrected chi connectivity index (χ3v) is 4.97. The van der Waals surface area contributed by atoms with Gasteiger partial charge in [0, 0.05) is 31.5 Å². The highest BCUT2D eigenvalue weighted by atomic mass is 16.2. The maximum absolute atomic E-state index is 12.0. The Labute approximate surface area is 110 Å². The summed E-state index contributed by atoms with van der Waals surface area (Å²) in [6.07, 6.45) is 3.69. The molecule has 1 aliphatic carbocycles. The van der Waals surface area contributed by atoms with Crippen LogP contribution in [-0.4, -0.2) is 29.9 Å². The van der Waals surface area contributed by atoms with Gasteiger partial charge in [0.1, 0.15) is 0 Å². The van der Waals surface area contributed by atoms with Gasteiger partial charge in [-0.05, 0) is 23.7 Å². The molecule has 0 spiro atoms. The fraction of sp³-hybridized carbons (Fsp3) is 0.800. The predicted octanol–water partition coefficient (Wildman–Crippen LogP) is 2.03. The van der Waals surface area contributed by atoms with Crippen molar-refractivity contribution in [2.75, 3.05) is 13.1 Å². The molecule has 102 valence electrons. The molecule has 1 saturated carbocycles. The Morgan fingerprint density at radius 3 is 2.67 bits per heavy atom. The van der Waals surface area contributed by atoms with E-state index >= 15 is 0 Å². The molecule has 4 atom stereocenters. The van der Waals surface area contributed by atoms with Crippen LogP contribution in [0.25, 0.3) is 0 Å². The Bertz CT molecular complexity index is 350. The van der Waals surface area contributed by atoms with Crippen molar-refractivity contribution in [1.29, 1.82) is 0 Å². The Morgan fingerprint density at radius 1 is 1.56 bits per heavy atom. The number of amides is 1. The Balaban J connectivity index is 2.05. The van der Waals surface area contributed by atoms with Gasteiger partial charge in [-0.2, -0.15) is 0 Å². The summed E-state index contributed by atoms with van der Waals surface area (Å²) in [6, 6.07) is 0.218. The zero-order valence-corrected chi connectivity index (χ0v) is 11.9. The third-order valence-electron chi connectivity index (χ3n) is 4.97. The van der Waals surface area contributed by atoms with Gasteiger partial charge in [-0.25, -0.2) is 0 Å². The quantitative estimate of drug-likeness (QED) is 0.779. The lowest BCUT2D eigenvalue weighted by Gasteiger charge is -2.33. The van der Waals surface area contributed by atoms with Crippen molar-refractivity contribution in [3.8, 4) is 0 Å². The first-order valence-corrected chi connectivity index (χ1v) is 7.01. The van der Waals surface area contributed by atoms with Crippen LogP contribution in [0.3, 0.4) is 0 Å². The first kappa shape index (κ1) is 13.6. The van der Waals surface area contributed by atoms with E-state index in [2.05, 4.69) is 27.4 Å². The molecule has 1 aliphatic heterocycles. The molecule has 1 amide bonds. The molecule has 0 aromatic heterocycles. The summed E-state index contributed by atoms with van der Waals surface area (Å²) in [5.74, 6) is 1.57. The van der Waals surface area contributed by atoms with E-state index in [0.717, 1.165) is 19.5 Å². The molecule has 0 aromatic rings. The van der Waals surface area contributed by atoms with Gasteiger partial charge in [0.15, 0.2) is 0 Å². The second-order valence-corrected chi connectivity index (χ2v) is 6.85. The molecular formula is C15H26N2O. The monoisotopic (exact) mass is 250 g/mol. The van der Waals surface area contributed by atoms with Crippen molar-refractivity contribution in [3.63, 3.8) is 0 Å². The second kappa shape index (κ2) is 4.69. The standard InChI is InChI=1S/C15H26N2O/c1-5-11-6-13(18)17(8-11)9-12-14(16)10(2)7-15(12,3)4/h5,10-12,14H,1,6-9,16H2,2-4H3. The molecule has 3 heteroatoms. The van der Waals surface area contributed by atoms with Gasteiger partial charge in [0.2, 0.25) is 5.91 Å². The molecule has 3 nitrogen and oxygen atoms in total. The highest BCUT2D eigenvalue weighted by Gasteiger charge is 2.46. The smallest absolute Gasteiger partial charge is 0.223 e. The van der Waals surface area contributed by atoms with Gasteiger partial charge in [-0.15, -0.1) is 6.58 Å². The second-order valence-electron chi connectivity index (χ2n) is 6.85. The first-order valence-electron chi connectivity index (χ1n) is 7.01. The molecule has 18 heavy (non-hydrogen) atoms. The molecule has 2 rings (SSSR count). The molecule has 4 unspecified atom stereocenters. The summed E-state index contributed by atoms with van der Waals surface area (Å²) >= 11 is 0. The first-order chi connectivity index (χ1) is 8.35. The van der Waals surface area contributed by atoms with Crippen LogP contribution in [0.1, 0.15) is 33.6 Å². The topological polar surface area (TPSA) is 46.3 Å². The van der Waals surface area contributed by atoms with Gasteiger partial charge in [0.05, 0.1) is 0 Å². The lowest BCUT2D eigenvalue weighted by Crippen LogP contribution is -2.43. The van der Waals surface area contributed by atoms with E-state index in [1.165, 1.54) is 0 Å². The summed E-state index contributed by atoms with van der Waals surface area (Å²) in [7, 11) is 0. The molecule has 0 aromatic carbocycles. The number of likely N-dealkylation sites (tertiary alicyclic amines) is 1. The minimum atomic E-state index is 0.218. The van der Waals surface area contributed by atoms with E-state index in [1.807, 2.05) is 11.0 Å². The minimum Gasteiger partial charge on any atom is -0.342 e. The molecule has 0 bridgehead atoms. The van der Waals surface area contributed by atoms with E-state index in [0.29, 0.717) is 24.2 Å². The number of nitrogens with zero attached hydrogens (tertiary/aromatic N) is 1. The predicted molar refractivity (Wildman–Crippen MR) is 73.9 cm³/mol. The molecule has 0 radical (unpaired) electrons. The summed E-state index contributed by atoms with van der Waals surface area (Å²) in [5, 5.41) is 0. The van der Waals surface area contributed by atoms with Gasteiger partial charge in [-0.1, -0.05) is 26.8 Å². The summed E-state index contributed by atoms with van der Waals surface area (Å²) in [5.41, 5.74) is 6.57. The average Bonchev–Trinajstić information content (AvgIpc) is 2.72. The molecule has 2 fully saturated rings. The number of hydrogen-bond acceptors (Lipinski definition) is 2. The van der Waals surface area contributed by atoms with Crippen molar-refractivity contribution in [2.24, 2.45) is 28.9 Å². The fourth-order valence-electron chi connectivity index (χ4n) is 3.78. The largest absolute Gasteiger partial charge is 0.342 e. The van der Waals surface area contributed by atoms with Gasteiger partial charge >= 0.3 is 0 Å². The number of carbonyl (C=O) groups excluding carboxylic acids is 1. The Kier molecular flexibility index (Phi) is 3.54. The molecule has 2 N–H and O–H groups in total. The van der Waals surface area contributed by atoms with Crippen LogP contribution in [0.5, 0.6) is 0 Å². The zero-order valence-electron chi connectivity index (χ0n) is 11.9. The van der Waals surface area contributed by atoms with E-state index in [4.69, 9.17) is 5.73 Å². The Morgan fingerprint density at radius 2 is 2.22 bits per heavy atom. The lowest BCUT2D eigenvalue weighted by atomic mass is 9.80. The van der Waals surface area contributed by atoms with Crippen LogP contribution in [0.2, 0.25) is 0 Å². The molecule has 1 saturated heterocycles. The average molecular weight is 250 g/mol. The number of hydrogen-bond donors (Lipinski definition) is 1. The van der Waals surface area contributed by atoms with Crippen LogP contribution in [-0.2, 0) is 4.79 Å². The molecular weight excluding hydrogens is 224 g/mol. The SMILES string of the molecule is C=CC1CC(=O)N(CC2C(N)C(C)CC2(C)C)C1. The van der Waals surface area contributed by atoms with Crippen LogP contribution in [0.15, 0.2) is 12.7 Å². The maximum Gasteiger partial charge on any atom is 0.223 e. The molecule has 1 heterocycles. The van der Waals surface area contributed by atoms with Crippen LogP contribution in [0, 0.1) is 23.2 Å². The lowest BCUT2D eigenvalue weighted by molar-refractivity contribution is -0.128.